The zero-order valence-corrected chi connectivity index (χ0v) is 14.2. The highest BCUT2D eigenvalue weighted by molar-refractivity contribution is 7.91. The SMILES string of the molecule is CCN(c1ncc(C(=O)NCCOC)cn1)C1CCS(=O)(=O)C1. The molecule has 1 fully saturated rings. The lowest BCUT2D eigenvalue weighted by Gasteiger charge is -2.26. The lowest BCUT2D eigenvalue weighted by atomic mass is 10.2. The molecule has 0 radical (unpaired) electrons. The van der Waals surface area contributed by atoms with Crippen LogP contribution < -0.4 is 10.2 Å². The molecule has 1 atom stereocenters. The number of amides is 1. The van der Waals surface area contributed by atoms with Gasteiger partial charge >= 0.3 is 0 Å². The highest BCUT2D eigenvalue weighted by Crippen LogP contribution is 2.21. The third kappa shape index (κ3) is 4.61. The first-order valence-corrected chi connectivity index (χ1v) is 9.35. The Morgan fingerprint density at radius 1 is 1.43 bits per heavy atom. The minimum absolute atomic E-state index is 0.105. The highest BCUT2D eigenvalue weighted by atomic mass is 32.2. The number of sulfone groups is 1. The maximum Gasteiger partial charge on any atom is 0.254 e. The van der Waals surface area contributed by atoms with Crippen LogP contribution in [0.4, 0.5) is 5.95 Å². The molecule has 1 aromatic heterocycles. The third-order valence-electron chi connectivity index (χ3n) is 3.74. The van der Waals surface area contributed by atoms with Crippen molar-refractivity contribution >= 4 is 21.7 Å². The van der Waals surface area contributed by atoms with Crippen LogP contribution in [0.3, 0.4) is 0 Å². The van der Waals surface area contributed by atoms with E-state index in [1.807, 2.05) is 11.8 Å². The predicted molar refractivity (Wildman–Crippen MR) is 86.3 cm³/mol. The van der Waals surface area contributed by atoms with E-state index < -0.39 is 9.84 Å². The van der Waals surface area contributed by atoms with Crippen LogP contribution in [0.2, 0.25) is 0 Å². The number of hydrogen-bond acceptors (Lipinski definition) is 7. The molecule has 8 nitrogen and oxygen atoms in total. The maximum atomic E-state index is 11.9. The Balaban J connectivity index is 2.04. The Morgan fingerprint density at radius 3 is 2.65 bits per heavy atom. The topological polar surface area (TPSA) is 101 Å². The number of hydrogen-bond donors (Lipinski definition) is 1. The summed E-state index contributed by atoms with van der Waals surface area (Å²) in [6.45, 7) is 3.39. The molecule has 0 aliphatic carbocycles. The van der Waals surface area contributed by atoms with E-state index in [1.165, 1.54) is 12.4 Å². The number of nitrogens with zero attached hydrogens (tertiary/aromatic N) is 3. The Morgan fingerprint density at radius 2 is 2.13 bits per heavy atom. The van der Waals surface area contributed by atoms with Gasteiger partial charge in [0, 0.05) is 38.6 Å². The molecule has 1 amide bonds. The van der Waals surface area contributed by atoms with E-state index in [4.69, 9.17) is 4.74 Å². The van der Waals surface area contributed by atoms with E-state index in [0.717, 1.165) is 0 Å². The summed E-state index contributed by atoms with van der Waals surface area (Å²) in [7, 11) is -1.40. The number of aromatic nitrogens is 2. The molecule has 0 aromatic carbocycles. The van der Waals surface area contributed by atoms with Gasteiger partial charge in [0.25, 0.3) is 5.91 Å². The van der Waals surface area contributed by atoms with Gasteiger partial charge in [-0.15, -0.1) is 0 Å². The van der Waals surface area contributed by atoms with Gasteiger partial charge in [0.1, 0.15) is 0 Å². The molecule has 1 aliphatic heterocycles. The number of ether oxygens (including phenoxy) is 1. The minimum Gasteiger partial charge on any atom is -0.383 e. The average molecular weight is 342 g/mol. The predicted octanol–water partition coefficient (Wildman–Crippen LogP) is -0.134. The number of nitrogens with one attached hydrogen (secondary N) is 1. The zero-order chi connectivity index (χ0) is 16.9. The molecular weight excluding hydrogens is 320 g/mol. The molecule has 23 heavy (non-hydrogen) atoms. The van der Waals surface area contributed by atoms with Crippen LogP contribution in [0.1, 0.15) is 23.7 Å². The van der Waals surface area contributed by atoms with Crippen molar-refractivity contribution in [3.63, 3.8) is 0 Å². The number of methoxy groups -OCH3 is 1. The third-order valence-corrected chi connectivity index (χ3v) is 5.49. The first kappa shape index (κ1) is 17.6. The molecule has 2 heterocycles. The molecule has 0 bridgehead atoms. The summed E-state index contributed by atoms with van der Waals surface area (Å²) in [4.78, 5) is 22.2. The number of anilines is 1. The Kier molecular flexibility index (Phi) is 5.89. The Bertz CT molecular complexity index is 633. The standard InChI is InChI=1S/C14H22N4O4S/c1-3-18(12-4-7-23(20,21)10-12)14-16-8-11(9-17-14)13(19)15-5-6-22-2/h8-9,12H,3-7,10H2,1-2H3,(H,15,19). The van der Waals surface area contributed by atoms with Crippen molar-refractivity contribution in [3.8, 4) is 0 Å². The number of carbonyl (C=O) groups excluding carboxylic acids is 1. The molecule has 0 saturated carbocycles. The first-order valence-electron chi connectivity index (χ1n) is 7.53. The summed E-state index contributed by atoms with van der Waals surface area (Å²) >= 11 is 0. The summed E-state index contributed by atoms with van der Waals surface area (Å²) in [6, 6.07) is -0.105. The summed E-state index contributed by atoms with van der Waals surface area (Å²) in [5, 5.41) is 2.69. The van der Waals surface area contributed by atoms with E-state index >= 15 is 0 Å². The van der Waals surface area contributed by atoms with Crippen molar-refractivity contribution in [1.82, 2.24) is 15.3 Å². The minimum atomic E-state index is -2.97. The van der Waals surface area contributed by atoms with Crippen molar-refractivity contribution in [3.05, 3.63) is 18.0 Å². The summed E-state index contributed by atoms with van der Waals surface area (Å²) in [5.74, 6) is 0.514. The fraction of sp³-hybridized carbons (Fsp3) is 0.643. The zero-order valence-electron chi connectivity index (χ0n) is 13.4. The monoisotopic (exact) mass is 342 g/mol. The van der Waals surface area contributed by atoms with Gasteiger partial charge in [0.05, 0.1) is 23.7 Å². The molecule has 0 spiro atoms. The highest BCUT2D eigenvalue weighted by Gasteiger charge is 2.32. The Labute approximate surface area is 136 Å². The average Bonchev–Trinajstić information content (AvgIpc) is 2.89. The molecule has 9 heteroatoms. The van der Waals surface area contributed by atoms with Crippen molar-refractivity contribution in [2.75, 3.05) is 43.2 Å². The van der Waals surface area contributed by atoms with Crippen molar-refractivity contribution in [2.24, 2.45) is 0 Å². The summed E-state index contributed by atoms with van der Waals surface area (Å²) in [5.41, 5.74) is 0.361. The van der Waals surface area contributed by atoms with Crippen LogP contribution in [-0.4, -0.2) is 68.6 Å². The maximum absolute atomic E-state index is 11.9. The van der Waals surface area contributed by atoms with Crippen LogP contribution >= 0.6 is 0 Å². The van der Waals surface area contributed by atoms with E-state index in [-0.39, 0.29) is 23.5 Å². The molecule has 128 valence electrons. The molecule has 1 aliphatic rings. The van der Waals surface area contributed by atoms with Gasteiger partial charge in [-0.2, -0.15) is 0 Å². The van der Waals surface area contributed by atoms with Crippen LogP contribution in [0.15, 0.2) is 12.4 Å². The largest absolute Gasteiger partial charge is 0.383 e. The fourth-order valence-corrected chi connectivity index (χ4v) is 4.27. The first-order chi connectivity index (χ1) is 11.0. The van der Waals surface area contributed by atoms with E-state index in [2.05, 4.69) is 15.3 Å². The van der Waals surface area contributed by atoms with Gasteiger partial charge in [-0.1, -0.05) is 0 Å². The van der Waals surface area contributed by atoms with Gasteiger partial charge in [0.2, 0.25) is 5.95 Å². The molecule has 1 saturated heterocycles. The second-order valence-electron chi connectivity index (χ2n) is 5.36. The smallest absolute Gasteiger partial charge is 0.254 e. The molecular formula is C14H22N4O4S. The lowest BCUT2D eigenvalue weighted by molar-refractivity contribution is 0.0936. The van der Waals surface area contributed by atoms with Crippen molar-refractivity contribution in [1.29, 1.82) is 0 Å². The van der Waals surface area contributed by atoms with Gasteiger partial charge in [-0.25, -0.2) is 18.4 Å². The quantitative estimate of drug-likeness (QED) is 0.689. The number of carbonyl (C=O) groups is 1. The van der Waals surface area contributed by atoms with Crippen LogP contribution in [0, 0.1) is 0 Å². The van der Waals surface area contributed by atoms with E-state index in [9.17, 15) is 13.2 Å². The van der Waals surface area contributed by atoms with Crippen molar-refractivity contribution in [2.45, 2.75) is 19.4 Å². The van der Waals surface area contributed by atoms with Gasteiger partial charge in [-0.05, 0) is 13.3 Å². The molecule has 1 unspecified atom stereocenters. The van der Waals surface area contributed by atoms with Gasteiger partial charge in [0.15, 0.2) is 9.84 Å². The molecule has 1 N–H and O–H groups in total. The van der Waals surface area contributed by atoms with Crippen LogP contribution in [0.5, 0.6) is 0 Å². The van der Waals surface area contributed by atoms with E-state index in [0.29, 0.717) is 37.6 Å². The van der Waals surface area contributed by atoms with Crippen LogP contribution in [-0.2, 0) is 14.6 Å². The van der Waals surface area contributed by atoms with Gasteiger partial charge < -0.3 is 15.0 Å². The van der Waals surface area contributed by atoms with Crippen LogP contribution in [0.25, 0.3) is 0 Å². The lowest BCUT2D eigenvalue weighted by Crippen LogP contribution is -2.37. The van der Waals surface area contributed by atoms with E-state index in [1.54, 1.807) is 7.11 Å². The second-order valence-corrected chi connectivity index (χ2v) is 7.59. The molecule has 2 rings (SSSR count). The second kappa shape index (κ2) is 7.69. The molecule has 1 aromatic rings. The summed E-state index contributed by atoms with van der Waals surface area (Å²) in [6.07, 6.45) is 3.49. The fourth-order valence-electron chi connectivity index (χ4n) is 2.54. The van der Waals surface area contributed by atoms with Gasteiger partial charge in [-0.3, -0.25) is 4.79 Å². The number of rotatable bonds is 7. The van der Waals surface area contributed by atoms with Crippen molar-refractivity contribution < 1.29 is 17.9 Å². The Hall–Kier alpha value is -1.74. The normalized spacial score (nSPS) is 19.5. The summed E-state index contributed by atoms with van der Waals surface area (Å²) < 4.78 is 28.1.